The average molecular weight is 285 g/mol. The number of carbonyl (C=O) groups excluding carboxylic acids is 1. The second-order valence-corrected chi connectivity index (χ2v) is 5.72. The fourth-order valence-electron chi connectivity index (χ4n) is 2.68. The maximum absolute atomic E-state index is 12.5. The van der Waals surface area contributed by atoms with Gasteiger partial charge in [0.1, 0.15) is 0 Å². The molecule has 0 fully saturated rings. The minimum absolute atomic E-state index is 0.0311. The van der Waals surface area contributed by atoms with Crippen LogP contribution in [0.2, 0.25) is 0 Å². The SMILES string of the molecule is Cc1ccc(C)c(C(C)NC(=O)c2c(C)nn(C)c2C)c1. The van der Waals surface area contributed by atoms with Gasteiger partial charge in [-0.25, -0.2) is 0 Å². The molecule has 0 radical (unpaired) electrons. The average Bonchev–Trinajstić information content (AvgIpc) is 2.66. The smallest absolute Gasteiger partial charge is 0.255 e. The standard InChI is InChI=1S/C17H23N3O/c1-10-7-8-11(2)15(9-10)12(3)18-17(21)16-13(4)19-20(6)14(16)5/h7-9,12H,1-6H3,(H,18,21). The molecule has 0 aliphatic heterocycles. The number of hydrogen-bond donors (Lipinski definition) is 1. The van der Waals surface area contributed by atoms with Gasteiger partial charge in [0, 0.05) is 12.7 Å². The summed E-state index contributed by atoms with van der Waals surface area (Å²) in [6.07, 6.45) is 0. The van der Waals surface area contributed by atoms with Crippen molar-refractivity contribution < 1.29 is 4.79 Å². The van der Waals surface area contributed by atoms with E-state index in [9.17, 15) is 4.79 Å². The predicted octanol–water partition coefficient (Wildman–Crippen LogP) is 3.14. The second-order valence-electron chi connectivity index (χ2n) is 5.72. The molecule has 21 heavy (non-hydrogen) atoms. The summed E-state index contributed by atoms with van der Waals surface area (Å²) in [5.74, 6) is -0.0634. The van der Waals surface area contributed by atoms with Crippen LogP contribution in [-0.2, 0) is 7.05 Å². The van der Waals surface area contributed by atoms with E-state index in [2.05, 4.69) is 42.5 Å². The summed E-state index contributed by atoms with van der Waals surface area (Å²) in [6, 6.07) is 6.27. The normalized spacial score (nSPS) is 12.3. The first-order chi connectivity index (χ1) is 9.81. The van der Waals surface area contributed by atoms with Crippen molar-refractivity contribution in [3.05, 3.63) is 51.8 Å². The fourth-order valence-corrected chi connectivity index (χ4v) is 2.68. The molecular formula is C17H23N3O. The van der Waals surface area contributed by atoms with Gasteiger partial charge in [-0.2, -0.15) is 5.10 Å². The van der Waals surface area contributed by atoms with E-state index in [0.717, 1.165) is 17.0 Å². The van der Waals surface area contributed by atoms with Crippen LogP contribution in [0, 0.1) is 27.7 Å². The minimum atomic E-state index is -0.0634. The van der Waals surface area contributed by atoms with E-state index in [-0.39, 0.29) is 11.9 Å². The molecule has 4 nitrogen and oxygen atoms in total. The molecule has 1 aromatic heterocycles. The number of rotatable bonds is 3. The molecule has 112 valence electrons. The van der Waals surface area contributed by atoms with E-state index in [4.69, 9.17) is 0 Å². The molecule has 4 heteroatoms. The number of aryl methyl sites for hydroxylation is 4. The summed E-state index contributed by atoms with van der Waals surface area (Å²) >= 11 is 0. The zero-order valence-electron chi connectivity index (χ0n) is 13.6. The third kappa shape index (κ3) is 2.99. The second kappa shape index (κ2) is 5.72. The Hall–Kier alpha value is -2.10. The van der Waals surface area contributed by atoms with E-state index >= 15 is 0 Å². The quantitative estimate of drug-likeness (QED) is 0.941. The van der Waals surface area contributed by atoms with Crippen LogP contribution in [-0.4, -0.2) is 15.7 Å². The Balaban J connectivity index is 2.25. The third-order valence-corrected chi connectivity index (χ3v) is 3.98. The first-order valence-electron chi connectivity index (χ1n) is 7.19. The number of carbonyl (C=O) groups is 1. The van der Waals surface area contributed by atoms with Crippen LogP contribution in [0.25, 0.3) is 0 Å². The van der Waals surface area contributed by atoms with Crippen LogP contribution >= 0.6 is 0 Å². The van der Waals surface area contributed by atoms with Crippen molar-refractivity contribution in [2.45, 2.75) is 40.7 Å². The van der Waals surface area contributed by atoms with Crippen LogP contribution in [0.4, 0.5) is 0 Å². The van der Waals surface area contributed by atoms with Gasteiger partial charge in [0.05, 0.1) is 17.3 Å². The van der Waals surface area contributed by atoms with Crippen molar-refractivity contribution >= 4 is 5.91 Å². The maximum atomic E-state index is 12.5. The van der Waals surface area contributed by atoms with Crippen LogP contribution in [0.5, 0.6) is 0 Å². The summed E-state index contributed by atoms with van der Waals surface area (Å²) < 4.78 is 1.74. The molecule has 0 saturated carbocycles. The lowest BCUT2D eigenvalue weighted by Crippen LogP contribution is -2.28. The Morgan fingerprint density at radius 3 is 2.48 bits per heavy atom. The highest BCUT2D eigenvalue weighted by Gasteiger charge is 2.20. The number of nitrogens with zero attached hydrogens (tertiary/aromatic N) is 2. The molecule has 0 aliphatic rings. The summed E-state index contributed by atoms with van der Waals surface area (Å²) in [4.78, 5) is 12.5. The Morgan fingerprint density at radius 1 is 1.24 bits per heavy atom. The number of benzene rings is 1. The molecule has 2 aromatic rings. The summed E-state index contributed by atoms with van der Waals surface area (Å²) in [5.41, 5.74) is 5.87. The van der Waals surface area contributed by atoms with Crippen LogP contribution in [0.3, 0.4) is 0 Å². The lowest BCUT2D eigenvalue weighted by Gasteiger charge is -2.17. The molecule has 2 rings (SSSR count). The minimum Gasteiger partial charge on any atom is -0.345 e. The Morgan fingerprint density at radius 2 is 1.90 bits per heavy atom. The number of nitrogens with one attached hydrogen (secondary N) is 1. The number of amides is 1. The summed E-state index contributed by atoms with van der Waals surface area (Å²) in [7, 11) is 1.85. The van der Waals surface area contributed by atoms with E-state index in [0.29, 0.717) is 5.56 Å². The summed E-state index contributed by atoms with van der Waals surface area (Å²) in [6.45, 7) is 9.92. The van der Waals surface area contributed by atoms with Crippen molar-refractivity contribution in [1.82, 2.24) is 15.1 Å². The summed E-state index contributed by atoms with van der Waals surface area (Å²) in [5, 5.41) is 7.38. The lowest BCUT2D eigenvalue weighted by molar-refractivity contribution is 0.0938. The first-order valence-corrected chi connectivity index (χ1v) is 7.19. The molecule has 0 spiro atoms. The molecule has 1 atom stereocenters. The monoisotopic (exact) mass is 285 g/mol. The van der Waals surface area contributed by atoms with Crippen molar-refractivity contribution in [2.75, 3.05) is 0 Å². The molecule has 1 heterocycles. The van der Waals surface area contributed by atoms with Gasteiger partial charge in [-0.1, -0.05) is 23.8 Å². The highest BCUT2D eigenvalue weighted by Crippen LogP contribution is 2.20. The van der Waals surface area contributed by atoms with E-state index in [1.165, 1.54) is 11.1 Å². The van der Waals surface area contributed by atoms with Crippen molar-refractivity contribution in [3.63, 3.8) is 0 Å². The molecular weight excluding hydrogens is 262 g/mol. The zero-order valence-corrected chi connectivity index (χ0v) is 13.6. The van der Waals surface area contributed by atoms with Crippen molar-refractivity contribution in [2.24, 2.45) is 7.05 Å². The fraction of sp³-hybridized carbons (Fsp3) is 0.412. The van der Waals surface area contributed by atoms with Crippen molar-refractivity contribution in [3.8, 4) is 0 Å². The van der Waals surface area contributed by atoms with Gasteiger partial charge in [0.25, 0.3) is 5.91 Å². The zero-order chi connectivity index (χ0) is 15.7. The number of hydrogen-bond acceptors (Lipinski definition) is 2. The van der Waals surface area contributed by atoms with E-state index in [1.54, 1.807) is 4.68 Å². The highest BCUT2D eigenvalue weighted by atomic mass is 16.1. The van der Waals surface area contributed by atoms with Gasteiger partial charge >= 0.3 is 0 Å². The molecule has 0 bridgehead atoms. The number of aromatic nitrogens is 2. The van der Waals surface area contributed by atoms with E-state index in [1.807, 2.05) is 27.8 Å². The molecule has 0 saturated heterocycles. The van der Waals surface area contributed by atoms with Crippen molar-refractivity contribution in [1.29, 1.82) is 0 Å². The largest absolute Gasteiger partial charge is 0.345 e. The van der Waals surface area contributed by atoms with Gasteiger partial charge in [-0.15, -0.1) is 0 Å². The molecule has 0 aliphatic carbocycles. The highest BCUT2D eigenvalue weighted by molar-refractivity contribution is 5.96. The van der Waals surface area contributed by atoms with Gasteiger partial charge in [-0.05, 0) is 45.7 Å². The van der Waals surface area contributed by atoms with Crippen LogP contribution in [0.1, 0.15) is 51.4 Å². The molecule has 1 amide bonds. The first kappa shape index (κ1) is 15.3. The Labute approximate surface area is 126 Å². The third-order valence-electron chi connectivity index (χ3n) is 3.98. The molecule has 1 unspecified atom stereocenters. The van der Waals surface area contributed by atoms with Crippen LogP contribution < -0.4 is 5.32 Å². The van der Waals surface area contributed by atoms with Gasteiger partial charge in [0.2, 0.25) is 0 Å². The predicted molar refractivity (Wildman–Crippen MR) is 84.5 cm³/mol. The van der Waals surface area contributed by atoms with E-state index < -0.39 is 0 Å². The molecule has 1 N–H and O–H groups in total. The van der Waals surface area contributed by atoms with Gasteiger partial charge in [-0.3, -0.25) is 9.48 Å². The lowest BCUT2D eigenvalue weighted by atomic mass is 9.99. The van der Waals surface area contributed by atoms with Gasteiger partial charge in [0.15, 0.2) is 0 Å². The van der Waals surface area contributed by atoms with Crippen LogP contribution in [0.15, 0.2) is 18.2 Å². The van der Waals surface area contributed by atoms with Gasteiger partial charge < -0.3 is 5.32 Å². The Kier molecular flexibility index (Phi) is 4.16. The topological polar surface area (TPSA) is 46.9 Å². The maximum Gasteiger partial charge on any atom is 0.255 e. The Bertz CT molecular complexity index is 686. The molecule has 1 aromatic carbocycles.